The Labute approximate surface area is 187 Å². The van der Waals surface area contributed by atoms with Crippen molar-refractivity contribution < 1.29 is 19.5 Å². The number of aromatic nitrogens is 1. The Hall–Kier alpha value is -3.42. The summed E-state index contributed by atoms with van der Waals surface area (Å²) in [4.78, 5) is 42.7. The number of aromatic hydroxyl groups is 1. The monoisotopic (exact) mass is 438 g/mol. The molecule has 8 nitrogen and oxygen atoms in total. The van der Waals surface area contributed by atoms with E-state index < -0.39 is 17.7 Å². The number of phenols is 1. The van der Waals surface area contributed by atoms with Crippen molar-refractivity contribution in [2.24, 2.45) is 11.7 Å². The fourth-order valence-electron chi connectivity index (χ4n) is 4.04. The van der Waals surface area contributed by atoms with Gasteiger partial charge in [-0.2, -0.15) is 0 Å². The van der Waals surface area contributed by atoms with E-state index in [0.717, 1.165) is 17.5 Å². The number of nitrogens with zero attached hydrogens (tertiary/aromatic N) is 2. The summed E-state index contributed by atoms with van der Waals surface area (Å²) in [6.07, 6.45) is 4.28. The predicted molar refractivity (Wildman–Crippen MR) is 121 cm³/mol. The van der Waals surface area contributed by atoms with Gasteiger partial charge in [0.25, 0.3) is 0 Å². The van der Waals surface area contributed by atoms with Gasteiger partial charge in [0, 0.05) is 12.7 Å². The van der Waals surface area contributed by atoms with Crippen LogP contribution in [0.1, 0.15) is 68.1 Å². The number of nitrogens with two attached hydrogens (primary N) is 1. The number of phenolic OH excluding ortho intramolecular Hbond substituents is 1. The van der Waals surface area contributed by atoms with Crippen LogP contribution in [0.2, 0.25) is 0 Å². The highest BCUT2D eigenvalue weighted by molar-refractivity contribution is 6.39. The average molecular weight is 439 g/mol. The maximum atomic E-state index is 13.2. The van der Waals surface area contributed by atoms with Gasteiger partial charge in [-0.1, -0.05) is 33.8 Å². The van der Waals surface area contributed by atoms with E-state index in [9.17, 15) is 19.5 Å². The Morgan fingerprint density at radius 3 is 2.53 bits per heavy atom. The van der Waals surface area contributed by atoms with E-state index in [4.69, 9.17) is 5.73 Å². The van der Waals surface area contributed by atoms with E-state index in [0.29, 0.717) is 13.0 Å². The van der Waals surface area contributed by atoms with Crippen LogP contribution in [0, 0.1) is 5.92 Å². The van der Waals surface area contributed by atoms with Gasteiger partial charge in [0.05, 0.1) is 23.5 Å². The van der Waals surface area contributed by atoms with E-state index in [-0.39, 0.29) is 34.4 Å². The Balaban J connectivity index is 1.87. The highest BCUT2D eigenvalue weighted by Gasteiger charge is 2.35. The van der Waals surface area contributed by atoms with Crippen LogP contribution in [0.15, 0.2) is 36.7 Å². The average Bonchev–Trinajstić information content (AvgIpc) is 2.73. The molecule has 32 heavy (non-hydrogen) atoms. The number of anilines is 1. The van der Waals surface area contributed by atoms with E-state index in [1.807, 2.05) is 39.8 Å². The summed E-state index contributed by atoms with van der Waals surface area (Å²) in [7, 11) is 0. The second-order valence-electron chi connectivity index (χ2n) is 9.46. The molecule has 2 heterocycles. The molecule has 0 saturated carbocycles. The number of primary amides is 1. The highest BCUT2D eigenvalue weighted by atomic mass is 16.3. The van der Waals surface area contributed by atoms with E-state index >= 15 is 0 Å². The van der Waals surface area contributed by atoms with Crippen molar-refractivity contribution in [2.45, 2.75) is 52.0 Å². The molecule has 170 valence electrons. The standard InChI is InChI=1S/C24H30N4O4/c1-14-5-7-19(15-6-8-20(29)18(10-15)24(2,3)4)28(13-14)23(32)22(31)27-17-9-16(21(25)30)11-26-12-17/h6,8-12,14,19,29H,5,7,13H2,1-4H3,(H2,25,30)(H,27,31)/t14-,19+/m1/s1. The molecule has 8 heteroatoms. The number of amides is 3. The molecule has 1 aromatic carbocycles. The van der Waals surface area contributed by atoms with Crippen LogP contribution in [-0.4, -0.2) is 39.3 Å². The summed E-state index contributed by atoms with van der Waals surface area (Å²) in [6, 6.07) is 6.49. The first-order chi connectivity index (χ1) is 15.0. The van der Waals surface area contributed by atoms with Gasteiger partial charge in [0.2, 0.25) is 5.91 Å². The fourth-order valence-corrected chi connectivity index (χ4v) is 4.04. The number of hydrogen-bond acceptors (Lipinski definition) is 5. The smallest absolute Gasteiger partial charge is 0.313 e. The van der Waals surface area contributed by atoms with Crippen molar-refractivity contribution in [3.8, 4) is 5.75 Å². The Morgan fingerprint density at radius 2 is 1.88 bits per heavy atom. The number of pyridine rings is 1. The second kappa shape index (κ2) is 8.98. The lowest BCUT2D eigenvalue weighted by atomic mass is 9.83. The third-order valence-corrected chi connectivity index (χ3v) is 5.77. The summed E-state index contributed by atoms with van der Waals surface area (Å²) in [5.74, 6) is -1.67. The molecule has 1 saturated heterocycles. The van der Waals surface area contributed by atoms with Gasteiger partial charge in [-0.25, -0.2) is 0 Å². The topological polar surface area (TPSA) is 126 Å². The minimum atomic E-state index is -0.803. The van der Waals surface area contributed by atoms with E-state index in [2.05, 4.69) is 10.3 Å². The third-order valence-electron chi connectivity index (χ3n) is 5.77. The predicted octanol–water partition coefficient (Wildman–Crippen LogP) is 3.12. The van der Waals surface area contributed by atoms with Gasteiger partial charge >= 0.3 is 11.8 Å². The minimum absolute atomic E-state index is 0.138. The first-order valence-electron chi connectivity index (χ1n) is 10.7. The lowest BCUT2D eigenvalue weighted by molar-refractivity contribution is -0.146. The molecular formula is C24H30N4O4. The summed E-state index contributed by atoms with van der Waals surface area (Å²) in [5.41, 5.74) is 7.02. The molecule has 2 atom stereocenters. The third kappa shape index (κ3) is 5.07. The van der Waals surface area contributed by atoms with Gasteiger partial charge in [-0.15, -0.1) is 0 Å². The molecule has 1 aromatic heterocycles. The zero-order chi connectivity index (χ0) is 23.6. The van der Waals surface area contributed by atoms with Crippen LogP contribution >= 0.6 is 0 Å². The van der Waals surface area contributed by atoms with Crippen LogP contribution in [0.25, 0.3) is 0 Å². The van der Waals surface area contributed by atoms with Gasteiger partial charge in [-0.3, -0.25) is 19.4 Å². The van der Waals surface area contributed by atoms with Crippen molar-refractivity contribution in [2.75, 3.05) is 11.9 Å². The van der Waals surface area contributed by atoms with Crippen molar-refractivity contribution in [3.05, 3.63) is 53.3 Å². The molecular weight excluding hydrogens is 408 g/mol. The second-order valence-corrected chi connectivity index (χ2v) is 9.46. The van der Waals surface area contributed by atoms with Crippen LogP contribution in [0.4, 0.5) is 5.69 Å². The van der Waals surface area contributed by atoms with Crippen molar-refractivity contribution in [1.82, 2.24) is 9.88 Å². The molecule has 0 bridgehead atoms. The molecule has 3 rings (SSSR count). The first-order valence-corrected chi connectivity index (χ1v) is 10.7. The normalized spacial score (nSPS) is 18.8. The van der Waals surface area contributed by atoms with Gasteiger partial charge in [0.1, 0.15) is 5.75 Å². The number of hydrogen-bond donors (Lipinski definition) is 3. The van der Waals surface area contributed by atoms with Crippen LogP contribution in [0.5, 0.6) is 5.75 Å². The maximum Gasteiger partial charge on any atom is 0.313 e. The molecule has 1 fully saturated rings. The summed E-state index contributed by atoms with van der Waals surface area (Å²) < 4.78 is 0. The Morgan fingerprint density at radius 1 is 1.16 bits per heavy atom. The van der Waals surface area contributed by atoms with Crippen LogP contribution in [-0.2, 0) is 15.0 Å². The Bertz CT molecular complexity index is 1040. The maximum absolute atomic E-state index is 13.2. The number of likely N-dealkylation sites (tertiary alicyclic amines) is 1. The number of carbonyl (C=O) groups excluding carboxylic acids is 3. The largest absolute Gasteiger partial charge is 0.508 e. The van der Waals surface area contributed by atoms with Crippen LogP contribution in [0.3, 0.4) is 0 Å². The molecule has 1 aliphatic rings. The van der Waals surface area contributed by atoms with E-state index in [1.165, 1.54) is 18.5 Å². The molecule has 3 amide bonds. The van der Waals surface area contributed by atoms with Gasteiger partial charge in [-0.05, 0) is 53.5 Å². The van der Waals surface area contributed by atoms with Crippen molar-refractivity contribution >= 4 is 23.4 Å². The molecule has 1 aliphatic heterocycles. The zero-order valence-corrected chi connectivity index (χ0v) is 18.9. The molecule has 0 radical (unpaired) electrons. The molecule has 0 spiro atoms. The first kappa shape index (κ1) is 23.2. The summed E-state index contributed by atoms with van der Waals surface area (Å²) in [6.45, 7) is 8.53. The fraction of sp³-hybridized carbons (Fsp3) is 0.417. The SMILES string of the molecule is C[C@@H]1CC[C@@H](c2ccc(O)c(C(C)(C)C)c2)N(C(=O)C(=O)Nc2cncc(C(N)=O)c2)C1. The Kier molecular flexibility index (Phi) is 6.52. The molecule has 2 aromatic rings. The lowest BCUT2D eigenvalue weighted by Crippen LogP contribution is -2.46. The van der Waals surface area contributed by atoms with Gasteiger partial charge < -0.3 is 21.1 Å². The number of benzene rings is 1. The number of carbonyl (C=O) groups is 3. The molecule has 0 aliphatic carbocycles. The molecule has 0 unspecified atom stereocenters. The van der Waals surface area contributed by atoms with Crippen molar-refractivity contribution in [1.29, 1.82) is 0 Å². The highest BCUT2D eigenvalue weighted by Crippen LogP contribution is 2.38. The number of nitrogens with one attached hydrogen (secondary N) is 1. The van der Waals surface area contributed by atoms with Crippen molar-refractivity contribution in [3.63, 3.8) is 0 Å². The zero-order valence-electron chi connectivity index (χ0n) is 18.9. The quantitative estimate of drug-likeness (QED) is 0.635. The number of rotatable bonds is 3. The summed E-state index contributed by atoms with van der Waals surface area (Å²) in [5, 5.41) is 12.8. The minimum Gasteiger partial charge on any atom is -0.508 e. The van der Waals surface area contributed by atoms with E-state index in [1.54, 1.807) is 11.0 Å². The molecule has 4 N–H and O–H groups in total. The van der Waals surface area contributed by atoms with Gasteiger partial charge in [0.15, 0.2) is 0 Å². The van der Waals surface area contributed by atoms with Crippen LogP contribution < -0.4 is 11.1 Å². The lowest BCUT2D eigenvalue weighted by Gasteiger charge is -2.39. The number of piperidine rings is 1. The summed E-state index contributed by atoms with van der Waals surface area (Å²) >= 11 is 0.